The maximum absolute atomic E-state index is 10.4. The molecule has 8 heteroatoms. The minimum absolute atomic E-state index is 0.127. The summed E-state index contributed by atoms with van der Waals surface area (Å²) in [5.41, 5.74) is 0.921. The number of benzene rings is 2. The summed E-state index contributed by atoms with van der Waals surface area (Å²) >= 11 is -0.556. The Labute approximate surface area is 179 Å². The van der Waals surface area contributed by atoms with E-state index in [-0.39, 0.29) is 19.9 Å². The van der Waals surface area contributed by atoms with E-state index in [2.05, 4.69) is 25.8 Å². The Kier molecular flexibility index (Phi) is 10.7. The molecule has 0 aromatic heterocycles. The van der Waals surface area contributed by atoms with Gasteiger partial charge in [-0.2, -0.15) is 0 Å². The van der Waals surface area contributed by atoms with E-state index in [1.807, 2.05) is 36.5 Å². The zero-order valence-electron chi connectivity index (χ0n) is 16.0. The molecule has 4 nitrogen and oxygen atoms in total. The Balaban J connectivity index is 0.00000114. The first-order valence-electron chi connectivity index (χ1n) is 8.08. The average molecular weight is 464 g/mol. The first-order chi connectivity index (χ1) is 12.8. The van der Waals surface area contributed by atoms with Crippen molar-refractivity contribution in [3.8, 4) is 17.2 Å². The van der Waals surface area contributed by atoms with Gasteiger partial charge >= 0.3 is 35.6 Å². The Morgan fingerprint density at radius 3 is 2.26 bits per heavy atom. The number of hydrogen-bond donors (Lipinski definition) is 1. The Bertz CT molecular complexity index is 767. The Hall–Kier alpha value is -0.766. The normalized spacial score (nSPS) is 11.4. The van der Waals surface area contributed by atoms with Gasteiger partial charge in [0.15, 0.2) is 11.5 Å². The molecule has 0 spiro atoms. The third kappa shape index (κ3) is 8.42. The zero-order valence-corrected chi connectivity index (χ0v) is 20.1. The molecular formula is C19H24Cl2NO3PTi. The zero-order chi connectivity index (χ0) is 20.4. The topological polar surface area (TPSA) is 51.0 Å². The summed E-state index contributed by atoms with van der Waals surface area (Å²) in [6.45, 7) is 6.19. The van der Waals surface area contributed by atoms with Crippen LogP contribution in [0.4, 0.5) is 0 Å². The molecule has 0 aliphatic carbocycles. The predicted molar refractivity (Wildman–Crippen MR) is 114 cm³/mol. The molecule has 1 atom stereocenters. The third-order valence-electron chi connectivity index (χ3n) is 3.33. The van der Waals surface area contributed by atoms with Crippen LogP contribution in [0.1, 0.15) is 26.3 Å². The van der Waals surface area contributed by atoms with Gasteiger partial charge < -0.3 is 14.6 Å². The molecule has 0 radical (unpaired) electrons. The standard InChI is InChI=1S/C19H24NO3P.2ClH.Ti/c1-19(2,3)20-12-13-8-6-7-9-16(13)24-17-11-14(22-4)10-15(23-5)18(17)21;;;/h6-12,21,24H,1-5H3;2*1H;/q;;;+2/p-2. The molecule has 146 valence electrons. The van der Waals surface area contributed by atoms with E-state index in [0.717, 1.165) is 16.2 Å². The molecule has 0 saturated heterocycles. The van der Waals surface area contributed by atoms with Crippen LogP contribution < -0.4 is 20.1 Å². The summed E-state index contributed by atoms with van der Waals surface area (Å²) < 4.78 is 10.5. The summed E-state index contributed by atoms with van der Waals surface area (Å²) in [6.07, 6.45) is 1.90. The Morgan fingerprint density at radius 2 is 1.70 bits per heavy atom. The molecule has 0 fully saturated rings. The van der Waals surface area contributed by atoms with Crippen molar-refractivity contribution in [2.24, 2.45) is 4.99 Å². The Morgan fingerprint density at radius 1 is 1.07 bits per heavy atom. The van der Waals surface area contributed by atoms with Crippen LogP contribution in [-0.4, -0.2) is 31.1 Å². The molecule has 0 bridgehead atoms. The van der Waals surface area contributed by atoms with Gasteiger partial charge in [-0.15, -0.1) is 0 Å². The van der Waals surface area contributed by atoms with Gasteiger partial charge in [-0.3, -0.25) is 4.99 Å². The number of rotatable bonds is 5. The van der Waals surface area contributed by atoms with E-state index in [1.165, 1.54) is 7.11 Å². The van der Waals surface area contributed by atoms with Crippen LogP contribution >= 0.6 is 27.2 Å². The first-order valence-corrected chi connectivity index (χ1v) is 13.4. The number of methoxy groups -OCH3 is 2. The molecule has 2 aromatic rings. The van der Waals surface area contributed by atoms with Gasteiger partial charge in [-0.1, -0.05) is 32.8 Å². The molecule has 2 rings (SSSR count). The van der Waals surface area contributed by atoms with Crippen molar-refractivity contribution in [3.63, 3.8) is 0 Å². The van der Waals surface area contributed by atoms with Crippen molar-refractivity contribution in [2.75, 3.05) is 14.2 Å². The second kappa shape index (κ2) is 11.9. The van der Waals surface area contributed by atoms with Crippen molar-refractivity contribution in [1.29, 1.82) is 0 Å². The van der Waals surface area contributed by atoms with Crippen molar-refractivity contribution in [1.82, 2.24) is 0 Å². The minimum atomic E-state index is -0.556. The fourth-order valence-electron chi connectivity index (χ4n) is 2.08. The first kappa shape index (κ1) is 24.3. The van der Waals surface area contributed by atoms with E-state index in [4.69, 9.17) is 28.1 Å². The molecule has 1 N–H and O–H groups in total. The molecule has 27 heavy (non-hydrogen) atoms. The molecule has 1 unspecified atom stereocenters. The van der Waals surface area contributed by atoms with Crippen LogP contribution in [0.5, 0.6) is 17.2 Å². The second-order valence-corrected chi connectivity index (χ2v) is 10.3. The number of ether oxygens (including phenoxy) is 2. The van der Waals surface area contributed by atoms with Crippen LogP contribution in [0.25, 0.3) is 0 Å². The van der Waals surface area contributed by atoms with Crippen LogP contribution in [0.2, 0.25) is 0 Å². The number of phenols is 1. The number of nitrogens with zero attached hydrogens (tertiary/aromatic N) is 1. The van der Waals surface area contributed by atoms with Gasteiger partial charge in [0.05, 0.1) is 19.8 Å². The van der Waals surface area contributed by atoms with Crippen LogP contribution in [0, 0.1) is 0 Å². The monoisotopic (exact) mass is 463 g/mol. The van der Waals surface area contributed by atoms with Crippen LogP contribution in [0.3, 0.4) is 0 Å². The van der Waals surface area contributed by atoms with Gasteiger partial charge in [0, 0.05) is 23.1 Å². The molecule has 0 heterocycles. The SMILES string of the molecule is COc1cc(OC)c(O)c(Pc2ccccc2C=NC(C)(C)C)c1.[Cl][Ti][Cl]. The van der Waals surface area contributed by atoms with Gasteiger partial charge in [0.2, 0.25) is 0 Å². The van der Waals surface area contributed by atoms with E-state index < -0.39 is 17.0 Å². The number of aliphatic imine (C=N–C) groups is 1. The molecule has 0 amide bonds. The summed E-state index contributed by atoms with van der Waals surface area (Å²) in [4.78, 5) is 4.59. The quantitative estimate of drug-likeness (QED) is 0.399. The maximum atomic E-state index is 10.4. The third-order valence-corrected chi connectivity index (χ3v) is 4.70. The second-order valence-electron chi connectivity index (χ2n) is 6.44. The molecule has 0 aliphatic heterocycles. The fraction of sp³-hybridized carbons (Fsp3) is 0.316. The molecule has 2 aromatic carbocycles. The summed E-state index contributed by atoms with van der Waals surface area (Å²) in [5.74, 6) is 1.23. The summed E-state index contributed by atoms with van der Waals surface area (Å²) in [7, 11) is 13.2. The van der Waals surface area contributed by atoms with E-state index in [0.29, 0.717) is 11.5 Å². The summed E-state index contributed by atoms with van der Waals surface area (Å²) in [6, 6.07) is 11.6. The van der Waals surface area contributed by atoms with Gasteiger partial charge in [0.25, 0.3) is 0 Å². The predicted octanol–water partition coefficient (Wildman–Crippen LogP) is 4.63. The van der Waals surface area contributed by atoms with Gasteiger partial charge in [-0.05, 0) is 32.1 Å². The van der Waals surface area contributed by atoms with E-state index in [9.17, 15) is 5.11 Å². The summed E-state index contributed by atoms with van der Waals surface area (Å²) in [5, 5.41) is 12.3. The number of halogens is 2. The van der Waals surface area contributed by atoms with Crippen molar-refractivity contribution in [3.05, 3.63) is 42.0 Å². The molecule has 0 aliphatic rings. The van der Waals surface area contributed by atoms with Crippen LogP contribution in [0.15, 0.2) is 41.4 Å². The van der Waals surface area contributed by atoms with Gasteiger partial charge in [0.1, 0.15) is 5.75 Å². The fourth-order valence-corrected chi connectivity index (χ4v) is 3.30. The van der Waals surface area contributed by atoms with Crippen molar-refractivity contribution < 1.29 is 31.6 Å². The number of phenolic OH excluding ortho intramolecular Hbond substituents is 1. The average Bonchev–Trinajstić information content (AvgIpc) is 2.62. The van der Waals surface area contributed by atoms with E-state index >= 15 is 0 Å². The van der Waals surface area contributed by atoms with Crippen LogP contribution in [-0.2, 0) is 17.0 Å². The van der Waals surface area contributed by atoms with Gasteiger partial charge in [-0.25, -0.2) is 0 Å². The van der Waals surface area contributed by atoms with Crippen molar-refractivity contribution in [2.45, 2.75) is 26.3 Å². The number of hydrogen-bond acceptors (Lipinski definition) is 4. The molecule has 0 saturated carbocycles. The molecular weight excluding hydrogens is 440 g/mol. The van der Waals surface area contributed by atoms with Crippen molar-refractivity contribution >= 4 is 44.0 Å². The number of aromatic hydroxyl groups is 1. The van der Waals surface area contributed by atoms with E-state index in [1.54, 1.807) is 13.2 Å².